The predicted octanol–water partition coefficient (Wildman–Crippen LogP) is 0.996. The standard InChI is InChI=1S/C12H15NO6S/c1-7-6-9(11(14)15)4-5-10(7)13-20(17,18)8(2)12(16)19-3/h4-6,8,13H,1-3H3,(H,14,15). The van der Waals surface area contributed by atoms with Gasteiger partial charge in [0.1, 0.15) is 0 Å². The Morgan fingerprint density at radius 1 is 1.35 bits per heavy atom. The van der Waals surface area contributed by atoms with E-state index < -0.39 is 27.2 Å². The first-order valence-corrected chi connectivity index (χ1v) is 7.17. The highest BCUT2D eigenvalue weighted by molar-refractivity contribution is 7.94. The maximum atomic E-state index is 11.9. The number of sulfonamides is 1. The minimum atomic E-state index is -3.95. The van der Waals surface area contributed by atoms with Gasteiger partial charge in [0.05, 0.1) is 18.4 Å². The van der Waals surface area contributed by atoms with Gasteiger partial charge in [-0.2, -0.15) is 0 Å². The molecule has 0 amide bonds. The van der Waals surface area contributed by atoms with Crippen LogP contribution >= 0.6 is 0 Å². The average Bonchev–Trinajstić information content (AvgIpc) is 2.38. The van der Waals surface area contributed by atoms with Crippen molar-refractivity contribution in [3.63, 3.8) is 0 Å². The molecule has 2 N–H and O–H groups in total. The van der Waals surface area contributed by atoms with Gasteiger partial charge in [0.15, 0.2) is 5.25 Å². The summed E-state index contributed by atoms with van der Waals surface area (Å²) in [5.41, 5.74) is 0.697. The van der Waals surface area contributed by atoms with Crippen molar-refractivity contribution in [1.29, 1.82) is 0 Å². The predicted molar refractivity (Wildman–Crippen MR) is 72.2 cm³/mol. The van der Waals surface area contributed by atoms with Crippen LogP contribution in [0.3, 0.4) is 0 Å². The van der Waals surface area contributed by atoms with E-state index in [0.717, 1.165) is 7.11 Å². The van der Waals surface area contributed by atoms with E-state index in [1.165, 1.54) is 25.1 Å². The lowest BCUT2D eigenvalue weighted by Crippen LogP contribution is -2.33. The molecule has 110 valence electrons. The van der Waals surface area contributed by atoms with Crippen molar-refractivity contribution in [3.8, 4) is 0 Å². The van der Waals surface area contributed by atoms with E-state index in [1.807, 2.05) is 0 Å². The number of carbonyl (C=O) groups is 2. The van der Waals surface area contributed by atoms with Crippen molar-refractivity contribution < 1.29 is 27.9 Å². The molecule has 0 saturated heterocycles. The summed E-state index contributed by atoms with van der Waals surface area (Å²) in [4.78, 5) is 22.0. The fraction of sp³-hybridized carbons (Fsp3) is 0.333. The summed E-state index contributed by atoms with van der Waals surface area (Å²) in [7, 11) is -2.85. The molecule has 0 aliphatic rings. The fourth-order valence-electron chi connectivity index (χ4n) is 1.45. The number of hydrogen-bond donors (Lipinski definition) is 2. The molecule has 0 bridgehead atoms. The van der Waals surface area contributed by atoms with Gasteiger partial charge in [-0.25, -0.2) is 13.2 Å². The van der Waals surface area contributed by atoms with Crippen LogP contribution in [0.15, 0.2) is 18.2 Å². The molecule has 20 heavy (non-hydrogen) atoms. The number of aromatic carboxylic acids is 1. The highest BCUT2D eigenvalue weighted by atomic mass is 32.2. The topological polar surface area (TPSA) is 110 Å². The average molecular weight is 301 g/mol. The molecule has 0 radical (unpaired) electrons. The molecule has 1 aromatic carbocycles. The maximum Gasteiger partial charge on any atom is 0.335 e. The number of ether oxygens (including phenoxy) is 1. The van der Waals surface area contributed by atoms with Gasteiger partial charge in [-0.1, -0.05) is 0 Å². The summed E-state index contributed by atoms with van der Waals surface area (Å²) in [5.74, 6) is -1.98. The second-order valence-electron chi connectivity index (χ2n) is 4.15. The second-order valence-corrected chi connectivity index (χ2v) is 6.15. The minimum absolute atomic E-state index is 0.0477. The van der Waals surface area contributed by atoms with Gasteiger partial charge in [0.25, 0.3) is 0 Å². The van der Waals surface area contributed by atoms with Crippen LogP contribution < -0.4 is 4.72 Å². The van der Waals surface area contributed by atoms with Crippen molar-refractivity contribution >= 4 is 27.6 Å². The maximum absolute atomic E-state index is 11.9. The highest BCUT2D eigenvalue weighted by Gasteiger charge is 2.29. The molecule has 1 rings (SSSR count). The van der Waals surface area contributed by atoms with Gasteiger partial charge in [-0.3, -0.25) is 9.52 Å². The van der Waals surface area contributed by atoms with E-state index in [0.29, 0.717) is 5.56 Å². The SMILES string of the molecule is COC(=O)C(C)S(=O)(=O)Nc1ccc(C(=O)O)cc1C. The van der Waals surface area contributed by atoms with Gasteiger partial charge < -0.3 is 9.84 Å². The Kier molecular flexibility index (Phi) is 4.72. The van der Waals surface area contributed by atoms with Crippen LogP contribution in [0.25, 0.3) is 0 Å². The molecule has 0 aliphatic carbocycles. The first kappa shape index (κ1) is 16.0. The van der Waals surface area contributed by atoms with E-state index in [4.69, 9.17) is 5.11 Å². The third kappa shape index (κ3) is 3.47. The van der Waals surface area contributed by atoms with Gasteiger partial charge in [0.2, 0.25) is 10.0 Å². The molecule has 7 nitrogen and oxygen atoms in total. The Bertz CT molecular complexity index is 637. The van der Waals surface area contributed by atoms with Gasteiger partial charge in [0, 0.05) is 0 Å². The number of carboxylic acids is 1. The van der Waals surface area contributed by atoms with E-state index in [1.54, 1.807) is 6.92 Å². The molecule has 0 fully saturated rings. The molecule has 1 atom stereocenters. The lowest BCUT2D eigenvalue weighted by Gasteiger charge is -2.14. The molecule has 0 aliphatic heterocycles. The number of rotatable bonds is 5. The lowest BCUT2D eigenvalue weighted by molar-refractivity contribution is -0.139. The minimum Gasteiger partial charge on any atom is -0.478 e. The van der Waals surface area contributed by atoms with E-state index in [9.17, 15) is 18.0 Å². The number of hydrogen-bond acceptors (Lipinski definition) is 5. The molecule has 0 saturated carbocycles. The van der Waals surface area contributed by atoms with Gasteiger partial charge in [-0.05, 0) is 37.6 Å². The largest absolute Gasteiger partial charge is 0.478 e. The number of aryl methyl sites for hydroxylation is 1. The van der Waals surface area contributed by atoms with Crippen molar-refractivity contribution in [2.24, 2.45) is 0 Å². The van der Waals surface area contributed by atoms with Crippen LogP contribution in [0.2, 0.25) is 0 Å². The summed E-state index contributed by atoms with van der Waals surface area (Å²) in [6.45, 7) is 2.77. The molecule has 0 heterocycles. The lowest BCUT2D eigenvalue weighted by atomic mass is 10.1. The third-order valence-corrected chi connectivity index (χ3v) is 4.35. The number of anilines is 1. The van der Waals surface area contributed by atoms with Crippen molar-refractivity contribution in [1.82, 2.24) is 0 Å². The van der Waals surface area contributed by atoms with Gasteiger partial charge >= 0.3 is 11.9 Å². The van der Waals surface area contributed by atoms with Crippen LogP contribution in [0.1, 0.15) is 22.8 Å². The molecule has 1 aromatic rings. The normalized spacial score (nSPS) is 12.6. The number of benzene rings is 1. The Labute approximate surface area is 116 Å². The summed E-state index contributed by atoms with van der Waals surface area (Å²) in [6, 6.07) is 3.94. The van der Waals surface area contributed by atoms with Crippen LogP contribution in [-0.4, -0.2) is 37.8 Å². The van der Waals surface area contributed by atoms with Gasteiger partial charge in [-0.15, -0.1) is 0 Å². The summed E-state index contributed by atoms with van der Waals surface area (Å²) in [6.07, 6.45) is 0. The zero-order valence-electron chi connectivity index (χ0n) is 11.2. The summed E-state index contributed by atoms with van der Waals surface area (Å²) >= 11 is 0. The van der Waals surface area contributed by atoms with E-state index >= 15 is 0 Å². The van der Waals surface area contributed by atoms with E-state index in [2.05, 4.69) is 9.46 Å². The summed E-state index contributed by atoms with van der Waals surface area (Å²) in [5, 5.41) is 7.46. The number of nitrogens with one attached hydrogen (secondary N) is 1. The first-order valence-electron chi connectivity index (χ1n) is 5.62. The van der Waals surface area contributed by atoms with Crippen LogP contribution in [0.5, 0.6) is 0 Å². The third-order valence-electron chi connectivity index (χ3n) is 2.72. The van der Waals surface area contributed by atoms with E-state index in [-0.39, 0.29) is 11.3 Å². The Balaban J connectivity index is 3.04. The molecule has 0 aromatic heterocycles. The summed E-state index contributed by atoms with van der Waals surface area (Å²) < 4.78 is 30.5. The number of esters is 1. The fourth-order valence-corrected chi connectivity index (χ4v) is 2.51. The van der Waals surface area contributed by atoms with Crippen molar-refractivity contribution in [2.75, 3.05) is 11.8 Å². The molecule has 0 spiro atoms. The zero-order chi connectivity index (χ0) is 15.5. The van der Waals surface area contributed by atoms with Crippen molar-refractivity contribution in [2.45, 2.75) is 19.1 Å². The molecule has 1 unspecified atom stereocenters. The van der Waals surface area contributed by atoms with Crippen LogP contribution in [0.4, 0.5) is 5.69 Å². The monoisotopic (exact) mass is 301 g/mol. The Morgan fingerprint density at radius 3 is 2.40 bits per heavy atom. The number of carbonyl (C=O) groups excluding carboxylic acids is 1. The zero-order valence-corrected chi connectivity index (χ0v) is 12.0. The number of methoxy groups -OCH3 is 1. The quantitative estimate of drug-likeness (QED) is 0.785. The highest BCUT2D eigenvalue weighted by Crippen LogP contribution is 2.19. The number of carboxylic acid groups (broad SMARTS) is 1. The Hall–Kier alpha value is -2.09. The van der Waals surface area contributed by atoms with Crippen LogP contribution in [0, 0.1) is 6.92 Å². The first-order chi connectivity index (χ1) is 9.19. The molecular formula is C12H15NO6S. The second kappa shape index (κ2) is 5.91. The van der Waals surface area contributed by atoms with Crippen molar-refractivity contribution in [3.05, 3.63) is 29.3 Å². The Morgan fingerprint density at radius 2 is 1.95 bits per heavy atom. The van der Waals surface area contributed by atoms with Crippen LogP contribution in [-0.2, 0) is 19.6 Å². The molecular weight excluding hydrogens is 286 g/mol. The smallest absolute Gasteiger partial charge is 0.335 e. The molecule has 8 heteroatoms.